The van der Waals surface area contributed by atoms with Gasteiger partial charge in [-0.3, -0.25) is 9.36 Å². The van der Waals surface area contributed by atoms with Gasteiger partial charge in [0.25, 0.3) is 5.91 Å². The van der Waals surface area contributed by atoms with Crippen LogP contribution in [0.1, 0.15) is 36.2 Å². The van der Waals surface area contributed by atoms with E-state index in [1.165, 1.54) is 4.57 Å². The molecule has 1 amide bonds. The minimum atomic E-state index is -0.755. The Morgan fingerprint density at radius 3 is 2.53 bits per heavy atom. The predicted molar refractivity (Wildman–Crippen MR) is 113 cm³/mol. The fraction of sp³-hybridized carbons (Fsp3) is 0.348. The van der Waals surface area contributed by atoms with Crippen molar-refractivity contribution < 1.29 is 18.7 Å². The van der Waals surface area contributed by atoms with Gasteiger partial charge in [-0.05, 0) is 43.0 Å². The van der Waals surface area contributed by atoms with Gasteiger partial charge in [0, 0.05) is 12.1 Å². The maximum atomic E-state index is 12.6. The van der Waals surface area contributed by atoms with Gasteiger partial charge in [-0.1, -0.05) is 44.2 Å². The Balaban J connectivity index is 1.56. The standard InChI is InChI=1S/C23H26N2O5/c1-15(2)20(24-21(26)17-10-5-4-9-16(17)3)22(27)29-14-8-13-25-18-11-6-7-12-19(18)30-23(25)28/h4-7,9-12,15,20H,8,13-14H2,1-3H3,(H,24,26)/t20-/m0/s1. The van der Waals surface area contributed by atoms with Crippen molar-refractivity contribution >= 4 is 23.0 Å². The highest BCUT2D eigenvalue weighted by atomic mass is 16.5. The van der Waals surface area contributed by atoms with E-state index >= 15 is 0 Å². The zero-order valence-electron chi connectivity index (χ0n) is 17.4. The van der Waals surface area contributed by atoms with Crippen LogP contribution in [0.15, 0.2) is 57.7 Å². The van der Waals surface area contributed by atoms with Crippen molar-refractivity contribution in [3.05, 3.63) is 70.2 Å². The molecule has 7 heteroatoms. The van der Waals surface area contributed by atoms with Gasteiger partial charge in [0.05, 0.1) is 12.1 Å². The molecule has 0 aliphatic rings. The van der Waals surface area contributed by atoms with E-state index in [4.69, 9.17) is 9.15 Å². The largest absolute Gasteiger partial charge is 0.464 e. The molecule has 0 saturated carbocycles. The molecule has 3 aromatic rings. The fourth-order valence-corrected chi connectivity index (χ4v) is 3.26. The minimum Gasteiger partial charge on any atom is -0.464 e. The van der Waals surface area contributed by atoms with Gasteiger partial charge >= 0.3 is 11.7 Å². The summed E-state index contributed by atoms with van der Waals surface area (Å²) in [5, 5.41) is 2.78. The number of oxazole rings is 1. The number of nitrogens with zero attached hydrogens (tertiary/aromatic N) is 1. The van der Waals surface area contributed by atoms with Crippen LogP contribution in [0.4, 0.5) is 0 Å². The topological polar surface area (TPSA) is 90.5 Å². The zero-order chi connectivity index (χ0) is 21.7. The van der Waals surface area contributed by atoms with Crippen molar-refractivity contribution in [2.45, 2.75) is 39.8 Å². The van der Waals surface area contributed by atoms with Crippen molar-refractivity contribution in [2.24, 2.45) is 5.92 Å². The van der Waals surface area contributed by atoms with Crippen molar-refractivity contribution in [1.82, 2.24) is 9.88 Å². The van der Waals surface area contributed by atoms with E-state index in [0.29, 0.717) is 29.6 Å². The van der Waals surface area contributed by atoms with Crippen molar-refractivity contribution in [3.63, 3.8) is 0 Å². The maximum absolute atomic E-state index is 12.6. The van der Waals surface area contributed by atoms with Crippen LogP contribution in [-0.2, 0) is 16.1 Å². The third-order valence-corrected chi connectivity index (χ3v) is 4.94. The molecule has 2 aromatic carbocycles. The highest BCUT2D eigenvalue weighted by Gasteiger charge is 2.26. The third-order valence-electron chi connectivity index (χ3n) is 4.94. The Hall–Kier alpha value is -3.35. The third kappa shape index (κ3) is 4.79. The summed E-state index contributed by atoms with van der Waals surface area (Å²) in [5.74, 6) is -1.37. The van der Waals surface area contributed by atoms with Gasteiger partial charge < -0.3 is 14.5 Å². The molecule has 1 N–H and O–H groups in total. The smallest absolute Gasteiger partial charge is 0.419 e. The second-order valence-electron chi connectivity index (χ2n) is 7.52. The van der Waals surface area contributed by atoms with E-state index in [-0.39, 0.29) is 18.4 Å². The Morgan fingerprint density at radius 1 is 1.10 bits per heavy atom. The van der Waals surface area contributed by atoms with Crippen LogP contribution < -0.4 is 11.1 Å². The molecule has 1 heterocycles. The molecule has 0 spiro atoms. The number of hydrogen-bond acceptors (Lipinski definition) is 5. The number of aryl methyl sites for hydroxylation is 2. The maximum Gasteiger partial charge on any atom is 0.419 e. The molecule has 0 fully saturated rings. The lowest BCUT2D eigenvalue weighted by atomic mass is 10.0. The number of esters is 1. The number of fused-ring (bicyclic) bond motifs is 1. The second-order valence-corrected chi connectivity index (χ2v) is 7.52. The van der Waals surface area contributed by atoms with Crippen molar-refractivity contribution in [1.29, 1.82) is 0 Å². The molecule has 30 heavy (non-hydrogen) atoms. The molecule has 0 aliphatic heterocycles. The van der Waals surface area contributed by atoms with Crippen LogP contribution in [0, 0.1) is 12.8 Å². The summed E-state index contributed by atoms with van der Waals surface area (Å²) in [6, 6.07) is 13.6. The van der Waals surface area contributed by atoms with Crippen LogP contribution in [0.3, 0.4) is 0 Å². The normalized spacial score (nSPS) is 12.1. The Kier molecular flexibility index (Phi) is 6.72. The van der Waals surface area contributed by atoms with Crippen LogP contribution in [0.25, 0.3) is 11.1 Å². The number of amides is 1. The molecule has 0 unspecified atom stereocenters. The molecule has 0 bridgehead atoms. The van der Waals surface area contributed by atoms with E-state index in [1.54, 1.807) is 24.3 Å². The summed E-state index contributed by atoms with van der Waals surface area (Å²) >= 11 is 0. The van der Waals surface area contributed by atoms with E-state index in [0.717, 1.165) is 5.56 Å². The van der Waals surface area contributed by atoms with Gasteiger partial charge in [-0.25, -0.2) is 9.59 Å². The number of rotatable bonds is 8. The van der Waals surface area contributed by atoms with Gasteiger partial charge in [-0.15, -0.1) is 0 Å². The predicted octanol–water partition coefficient (Wildman–Crippen LogP) is 3.29. The lowest BCUT2D eigenvalue weighted by Crippen LogP contribution is -2.45. The zero-order valence-corrected chi connectivity index (χ0v) is 17.4. The summed E-state index contributed by atoms with van der Waals surface area (Å²) in [4.78, 5) is 37.1. The van der Waals surface area contributed by atoms with Gasteiger partial charge in [-0.2, -0.15) is 0 Å². The Bertz CT molecular complexity index is 1100. The van der Waals surface area contributed by atoms with Gasteiger partial charge in [0.2, 0.25) is 0 Å². The molecule has 0 radical (unpaired) electrons. The van der Waals surface area contributed by atoms with Gasteiger partial charge in [0.1, 0.15) is 6.04 Å². The molecule has 3 rings (SSSR count). The summed E-state index contributed by atoms with van der Waals surface area (Å²) < 4.78 is 12.1. The molecule has 0 aliphatic carbocycles. The average molecular weight is 410 g/mol. The SMILES string of the molecule is Cc1ccccc1C(=O)N[C@H](C(=O)OCCCn1c(=O)oc2ccccc21)C(C)C. The molecule has 1 aromatic heterocycles. The number of aromatic nitrogens is 1. The minimum absolute atomic E-state index is 0.133. The van der Waals surface area contributed by atoms with E-state index in [9.17, 15) is 14.4 Å². The highest BCUT2D eigenvalue weighted by Crippen LogP contribution is 2.13. The summed E-state index contributed by atoms with van der Waals surface area (Å²) in [7, 11) is 0. The fourth-order valence-electron chi connectivity index (χ4n) is 3.26. The first-order chi connectivity index (χ1) is 14.4. The van der Waals surface area contributed by atoms with Crippen LogP contribution in [0.5, 0.6) is 0 Å². The van der Waals surface area contributed by atoms with Crippen LogP contribution in [0.2, 0.25) is 0 Å². The monoisotopic (exact) mass is 410 g/mol. The van der Waals surface area contributed by atoms with E-state index in [1.807, 2.05) is 45.0 Å². The number of ether oxygens (including phenoxy) is 1. The lowest BCUT2D eigenvalue weighted by Gasteiger charge is -2.21. The first-order valence-corrected chi connectivity index (χ1v) is 10.00. The number of nitrogens with one attached hydrogen (secondary N) is 1. The van der Waals surface area contributed by atoms with Crippen molar-refractivity contribution in [2.75, 3.05) is 6.61 Å². The Morgan fingerprint density at radius 2 is 1.80 bits per heavy atom. The summed E-state index contributed by atoms with van der Waals surface area (Å²) in [5.41, 5.74) is 2.60. The summed E-state index contributed by atoms with van der Waals surface area (Å²) in [6.07, 6.45) is 0.450. The molecule has 0 saturated heterocycles. The Labute approximate surface area is 174 Å². The average Bonchev–Trinajstić information content (AvgIpc) is 3.04. The lowest BCUT2D eigenvalue weighted by molar-refractivity contribution is -0.147. The molecule has 158 valence electrons. The van der Waals surface area contributed by atoms with Crippen LogP contribution in [-0.4, -0.2) is 29.1 Å². The first-order valence-electron chi connectivity index (χ1n) is 10.00. The number of para-hydroxylation sites is 2. The molecule has 7 nitrogen and oxygen atoms in total. The quantitative estimate of drug-likeness (QED) is 0.455. The molecular formula is C23H26N2O5. The molecule has 1 atom stereocenters. The second kappa shape index (κ2) is 9.43. The number of carbonyl (C=O) groups excluding carboxylic acids is 2. The highest BCUT2D eigenvalue weighted by molar-refractivity contribution is 5.98. The van der Waals surface area contributed by atoms with E-state index in [2.05, 4.69) is 5.32 Å². The number of benzene rings is 2. The first kappa shape index (κ1) is 21.4. The number of hydrogen-bond donors (Lipinski definition) is 1. The van der Waals surface area contributed by atoms with Crippen molar-refractivity contribution in [3.8, 4) is 0 Å². The van der Waals surface area contributed by atoms with E-state index < -0.39 is 17.8 Å². The number of carbonyl (C=O) groups is 2. The summed E-state index contributed by atoms with van der Waals surface area (Å²) in [6.45, 7) is 6.04. The van der Waals surface area contributed by atoms with Gasteiger partial charge in [0.15, 0.2) is 5.58 Å². The van der Waals surface area contributed by atoms with Crippen LogP contribution >= 0.6 is 0 Å². The molecular weight excluding hydrogens is 384 g/mol.